The summed E-state index contributed by atoms with van der Waals surface area (Å²) in [6, 6.07) is 0. The van der Waals surface area contributed by atoms with Gasteiger partial charge in [-0.1, -0.05) is 20.8 Å². The molecule has 0 aliphatic rings. The number of aliphatic carboxylic acids is 1. The highest BCUT2D eigenvalue weighted by atomic mass is 16.4. The molecule has 2 atom stereocenters. The van der Waals surface area contributed by atoms with E-state index in [1.54, 1.807) is 0 Å². The molecule has 3 N–H and O–H groups in total. The third-order valence-electron chi connectivity index (χ3n) is 2.39. The molecule has 84 valence electrons. The van der Waals surface area contributed by atoms with Crippen LogP contribution in [0, 0.1) is 11.8 Å². The zero-order chi connectivity index (χ0) is 11.1. The molecule has 0 bridgehead atoms. The molecule has 0 rings (SSSR count). The van der Waals surface area contributed by atoms with Crippen LogP contribution in [0.25, 0.3) is 0 Å². The quantitative estimate of drug-likeness (QED) is 0.570. The first kappa shape index (κ1) is 13.4. The minimum atomic E-state index is -0.962. The van der Waals surface area contributed by atoms with Crippen molar-refractivity contribution in [1.82, 2.24) is 5.32 Å². The van der Waals surface area contributed by atoms with Gasteiger partial charge in [-0.05, 0) is 18.4 Å². The number of aliphatic hydroxyl groups excluding tert-OH is 1. The van der Waals surface area contributed by atoms with Crippen molar-refractivity contribution >= 4 is 5.97 Å². The topological polar surface area (TPSA) is 69.6 Å². The largest absolute Gasteiger partial charge is 0.481 e. The highest BCUT2D eigenvalue weighted by Crippen LogP contribution is 2.07. The van der Waals surface area contributed by atoms with Gasteiger partial charge < -0.3 is 15.5 Å². The molecule has 4 nitrogen and oxygen atoms in total. The molecular formula is C10H21NO3. The maximum Gasteiger partial charge on any atom is 0.306 e. The zero-order valence-corrected chi connectivity index (χ0v) is 9.16. The number of aliphatic hydroxyl groups is 1. The van der Waals surface area contributed by atoms with E-state index in [0.29, 0.717) is 18.4 Å². The van der Waals surface area contributed by atoms with E-state index in [2.05, 4.69) is 26.1 Å². The second-order valence-electron chi connectivity index (χ2n) is 4.13. The lowest BCUT2D eigenvalue weighted by Crippen LogP contribution is -2.32. The van der Waals surface area contributed by atoms with Crippen LogP contribution in [0.3, 0.4) is 0 Å². The van der Waals surface area contributed by atoms with Crippen LogP contribution in [0.15, 0.2) is 0 Å². The minimum absolute atomic E-state index is 0.191. The van der Waals surface area contributed by atoms with Gasteiger partial charge in [-0.3, -0.25) is 4.79 Å². The smallest absolute Gasteiger partial charge is 0.306 e. The Morgan fingerprint density at radius 3 is 2.29 bits per heavy atom. The summed E-state index contributed by atoms with van der Waals surface area (Å²) in [4.78, 5) is 10.2. The van der Waals surface area contributed by atoms with E-state index in [1.165, 1.54) is 0 Å². The number of carbonyl (C=O) groups is 1. The molecule has 0 spiro atoms. The standard InChI is InChI=1S/C10H21NO3/c1-7(2)8(3)5-11-6-9(12)4-10(13)14/h7-9,11-12H,4-6H2,1-3H3,(H,13,14). The summed E-state index contributed by atoms with van der Waals surface area (Å²) in [5, 5.41) is 20.7. The fourth-order valence-electron chi connectivity index (χ4n) is 0.987. The Morgan fingerprint density at radius 1 is 1.29 bits per heavy atom. The summed E-state index contributed by atoms with van der Waals surface area (Å²) in [6.45, 7) is 7.57. The van der Waals surface area contributed by atoms with Crippen LogP contribution in [0.4, 0.5) is 0 Å². The second kappa shape index (κ2) is 6.79. The monoisotopic (exact) mass is 203 g/mol. The van der Waals surface area contributed by atoms with E-state index < -0.39 is 12.1 Å². The van der Waals surface area contributed by atoms with Crippen molar-refractivity contribution in [2.75, 3.05) is 13.1 Å². The van der Waals surface area contributed by atoms with Crippen LogP contribution in [0.5, 0.6) is 0 Å². The number of nitrogens with one attached hydrogen (secondary N) is 1. The number of rotatable bonds is 7. The molecule has 0 radical (unpaired) electrons. The van der Waals surface area contributed by atoms with Crippen molar-refractivity contribution in [3.05, 3.63) is 0 Å². The van der Waals surface area contributed by atoms with Crippen molar-refractivity contribution in [2.45, 2.75) is 33.3 Å². The highest BCUT2D eigenvalue weighted by Gasteiger charge is 2.10. The van der Waals surface area contributed by atoms with E-state index in [1.807, 2.05) is 0 Å². The Labute approximate surface area is 85.3 Å². The van der Waals surface area contributed by atoms with Crippen LogP contribution in [0.2, 0.25) is 0 Å². The molecule has 0 fully saturated rings. The Kier molecular flexibility index (Phi) is 6.49. The van der Waals surface area contributed by atoms with Crippen LogP contribution in [-0.2, 0) is 4.79 Å². The first-order valence-electron chi connectivity index (χ1n) is 5.04. The van der Waals surface area contributed by atoms with Gasteiger partial charge in [0.2, 0.25) is 0 Å². The van der Waals surface area contributed by atoms with Crippen molar-refractivity contribution in [3.63, 3.8) is 0 Å². The fraction of sp³-hybridized carbons (Fsp3) is 0.900. The van der Waals surface area contributed by atoms with Gasteiger partial charge in [0, 0.05) is 6.54 Å². The Bertz CT molecular complexity index is 171. The lowest BCUT2D eigenvalue weighted by Gasteiger charge is -2.17. The fourth-order valence-corrected chi connectivity index (χ4v) is 0.987. The molecule has 0 aromatic carbocycles. The van der Waals surface area contributed by atoms with E-state index in [4.69, 9.17) is 5.11 Å². The SMILES string of the molecule is CC(C)C(C)CNCC(O)CC(=O)O. The van der Waals surface area contributed by atoms with Gasteiger partial charge in [0.05, 0.1) is 12.5 Å². The van der Waals surface area contributed by atoms with E-state index in [0.717, 1.165) is 6.54 Å². The number of carboxylic acids is 1. The maximum atomic E-state index is 10.2. The lowest BCUT2D eigenvalue weighted by atomic mass is 9.98. The number of hydrogen-bond acceptors (Lipinski definition) is 3. The van der Waals surface area contributed by atoms with E-state index >= 15 is 0 Å². The number of hydrogen-bond donors (Lipinski definition) is 3. The predicted molar refractivity (Wildman–Crippen MR) is 55.1 cm³/mol. The third-order valence-corrected chi connectivity index (χ3v) is 2.39. The Morgan fingerprint density at radius 2 is 1.86 bits per heavy atom. The van der Waals surface area contributed by atoms with Gasteiger partial charge in [-0.2, -0.15) is 0 Å². The normalized spacial score (nSPS) is 15.5. The molecule has 0 saturated carbocycles. The lowest BCUT2D eigenvalue weighted by molar-refractivity contribution is -0.139. The van der Waals surface area contributed by atoms with Gasteiger partial charge in [-0.15, -0.1) is 0 Å². The van der Waals surface area contributed by atoms with Crippen molar-refractivity contribution < 1.29 is 15.0 Å². The van der Waals surface area contributed by atoms with E-state index in [-0.39, 0.29) is 6.42 Å². The summed E-state index contributed by atoms with van der Waals surface area (Å²) >= 11 is 0. The van der Waals surface area contributed by atoms with Crippen molar-refractivity contribution in [2.24, 2.45) is 11.8 Å². The van der Waals surface area contributed by atoms with Crippen LogP contribution >= 0.6 is 0 Å². The van der Waals surface area contributed by atoms with Gasteiger partial charge >= 0.3 is 5.97 Å². The van der Waals surface area contributed by atoms with Gasteiger partial charge in [0.25, 0.3) is 0 Å². The summed E-state index contributed by atoms with van der Waals surface area (Å²) in [5.74, 6) is 0.169. The Balaban J connectivity index is 3.48. The summed E-state index contributed by atoms with van der Waals surface area (Å²) in [5.41, 5.74) is 0. The van der Waals surface area contributed by atoms with Crippen LogP contribution < -0.4 is 5.32 Å². The molecule has 0 aliphatic heterocycles. The van der Waals surface area contributed by atoms with Gasteiger partial charge in [0.1, 0.15) is 0 Å². The molecule has 4 heteroatoms. The number of carboxylic acid groups (broad SMARTS) is 1. The molecule has 0 saturated heterocycles. The molecular weight excluding hydrogens is 182 g/mol. The summed E-state index contributed by atoms with van der Waals surface area (Å²) in [7, 11) is 0. The Hall–Kier alpha value is -0.610. The van der Waals surface area contributed by atoms with Gasteiger partial charge in [0.15, 0.2) is 0 Å². The van der Waals surface area contributed by atoms with Crippen LogP contribution in [0.1, 0.15) is 27.2 Å². The second-order valence-corrected chi connectivity index (χ2v) is 4.13. The predicted octanol–water partition coefficient (Wildman–Crippen LogP) is 0.704. The maximum absolute atomic E-state index is 10.2. The molecule has 0 aromatic rings. The van der Waals surface area contributed by atoms with Crippen molar-refractivity contribution in [3.8, 4) is 0 Å². The highest BCUT2D eigenvalue weighted by molar-refractivity contribution is 5.67. The molecule has 0 aromatic heterocycles. The third kappa shape index (κ3) is 6.86. The van der Waals surface area contributed by atoms with Crippen molar-refractivity contribution in [1.29, 1.82) is 0 Å². The first-order valence-corrected chi connectivity index (χ1v) is 5.04. The molecule has 0 aliphatic carbocycles. The molecule has 0 amide bonds. The van der Waals surface area contributed by atoms with Gasteiger partial charge in [-0.25, -0.2) is 0 Å². The average Bonchev–Trinajstić information content (AvgIpc) is 2.02. The minimum Gasteiger partial charge on any atom is -0.481 e. The van der Waals surface area contributed by atoms with Crippen LogP contribution in [-0.4, -0.2) is 35.4 Å². The van der Waals surface area contributed by atoms with E-state index in [9.17, 15) is 9.90 Å². The molecule has 14 heavy (non-hydrogen) atoms. The first-order chi connectivity index (χ1) is 6.43. The summed E-state index contributed by atoms with van der Waals surface area (Å²) < 4.78 is 0. The molecule has 0 heterocycles. The molecule has 2 unspecified atom stereocenters. The summed E-state index contributed by atoms with van der Waals surface area (Å²) in [6.07, 6.45) is -0.977. The zero-order valence-electron chi connectivity index (χ0n) is 9.16. The average molecular weight is 203 g/mol.